The standard InChI is InChI=1S/C18H30N2O3/c1-23-18(22)16-13-14-7-3-4-8-15(14)20(16)12-9-17(21)19-10-5-2-6-11-19/h14-16H,2-13H2,1H3. The van der Waals surface area contributed by atoms with Crippen molar-refractivity contribution in [1.29, 1.82) is 0 Å². The fourth-order valence-corrected chi connectivity index (χ4v) is 4.77. The van der Waals surface area contributed by atoms with Crippen LogP contribution in [-0.2, 0) is 14.3 Å². The first-order chi connectivity index (χ1) is 11.2. The van der Waals surface area contributed by atoms with Gasteiger partial charge in [0.15, 0.2) is 0 Å². The van der Waals surface area contributed by atoms with E-state index in [1.807, 2.05) is 4.90 Å². The molecule has 2 heterocycles. The molecule has 0 N–H and O–H groups in total. The van der Waals surface area contributed by atoms with Crippen molar-refractivity contribution in [3.05, 3.63) is 0 Å². The van der Waals surface area contributed by atoms with Gasteiger partial charge in [0.1, 0.15) is 6.04 Å². The Kier molecular flexibility index (Phi) is 5.57. The van der Waals surface area contributed by atoms with E-state index in [1.165, 1.54) is 32.8 Å². The smallest absolute Gasteiger partial charge is 0.323 e. The number of ether oxygens (including phenoxy) is 1. The molecule has 5 nitrogen and oxygen atoms in total. The monoisotopic (exact) mass is 322 g/mol. The topological polar surface area (TPSA) is 49.9 Å². The number of esters is 1. The summed E-state index contributed by atoms with van der Waals surface area (Å²) in [5, 5.41) is 0. The van der Waals surface area contributed by atoms with E-state index in [9.17, 15) is 9.59 Å². The third kappa shape index (κ3) is 3.70. The van der Waals surface area contributed by atoms with Crippen molar-refractivity contribution in [3.8, 4) is 0 Å². The number of hydrogen-bond donors (Lipinski definition) is 0. The van der Waals surface area contributed by atoms with E-state index in [0.717, 1.165) is 38.8 Å². The molecule has 0 aromatic heterocycles. The summed E-state index contributed by atoms with van der Waals surface area (Å²) in [7, 11) is 1.47. The van der Waals surface area contributed by atoms with Crippen molar-refractivity contribution in [2.24, 2.45) is 5.92 Å². The number of hydrogen-bond acceptors (Lipinski definition) is 4. The molecule has 3 aliphatic rings. The van der Waals surface area contributed by atoms with E-state index in [4.69, 9.17) is 4.74 Å². The first kappa shape index (κ1) is 16.7. The summed E-state index contributed by atoms with van der Waals surface area (Å²) >= 11 is 0. The lowest BCUT2D eigenvalue weighted by atomic mass is 9.85. The maximum atomic E-state index is 12.4. The van der Waals surface area contributed by atoms with Gasteiger partial charge in [-0.1, -0.05) is 12.8 Å². The van der Waals surface area contributed by atoms with E-state index in [-0.39, 0.29) is 17.9 Å². The highest BCUT2D eigenvalue weighted by Gasteiger charge is 2.45. The van der Waals surface area contributed by atoms with E-state index < -0.39 is 0 Å². The molecule has 0 radical (unpaired) electrons. The average molecular weight is 322 g/mol. The van der Waals surface area contributed by atoms with Gasteiger partial charge in [-0.05, 0) is 44.4 Å². The van der Waals surface area contributed by atoms with Gasteiger partial charge >= 0.3 is 5.97 Å². The average Bonchev–Trinajstić information content (AvgIpc) is 2.98. The highest BCUT2D eigenvalue weighted by Crippen LogP contribution is 2.40. The van der Waals surface area contributed by atoms with Gasteiger partial charge < -0.3 is 9.64 Å². The number of rotatable bonds is 4. The Balaban J connectivity index is 1.60. The molecule has 3 fully saturated rings. The molecular formula is C18H30N2O3. The van der Waals surface area contributed by atoms with E-state index in [2.05, 4.69) is 4.90 Å². The molecule has 0 aromatic carbocycles. The van der Waals surface area contributed by atoms with Crippen LogP contribution in [-0.4, -0.2) is 60.5 Å². The lowest BCUT2D eigenvalue weighted by Crippen LogP contribution is -2.45. The Morgan fingerprint density at radius 2 is 1.78 bits per heavy atom. The number of likely N-dealkylation sites (tertiary alicyclic amines) is 2. The molecule has 1 aliphatic carbocycles. The summed E-state index contributed by atoms with van der Waals surface area (Å²) in [6.45, 7) is 2.52. The Morgan fingerprint density at radius 1 is 1.04 bits per heavy atom. The number of amides is 1. The molecule has 0 spiro atoms. The number of carbonyl (C=O) groups is 2. The lowest BCUT2D eigenvalue weighted by molar-refractivity contribution is -0.147. The van der Waals surface area contributed by atoms with Gasteiger partial charge in [-0.2, -0.15) is 0 Å². The van der Waals surface area contributed by atoms with Crippen LogP contribution in [0.25, 0.3) is 0 Å². The van der Waals surface area contributed by atoms with Gasteiger partial charge in [-0.25, -0.2) is 0 Å². The largest absolute Gasteiger partial charge is 0.468 e. The highest BCUT2D eigenvalue weighted by atomic mass is 16.5. The predicted octanol–water partition coefficient (Wildman–Crippen LogP) is 2.20. The van der Waals surface area contributed by atoms with Crippen LogP contribution in [0.3, 0.4) is 0 Å². The highest BCUT2D eigenvalue weighted by molar-refractivity contribution is 5.78. The number of nitrogens with zero attached hydrogens (tertiary/aromatic N) is 2. The predicted molar refractivity (Wildman–Crippen MR) is 87.9 cm³/mol. The number of fused-ring (bicyclic) bond motifs is 1. The first-order valence-corrected chi connectivity index (χ1v) is 9.32. The van der Waals surface area contributed by atoms with Crippen LogP contribution in [0.2, 0.25) is 0 Å². The van der Waals surface area contributed by atoms with Crippen molar-refractivity contribution < 1.29 is 14.3 Å². The summed E-state index contributed by atoms with van der Waals surface area (Å²) in [6.07, 6.45) is 9.85. The van der Waals surface area contributed by atoms with Crippen molar-refractivity contribution in [3.63, 3.8) is 0 Å². The fourth-order valence-electron chi connectivity index (χ4n) is 4.77. The zero-order chi connectivity index (χ0) is 16.2. The van der Waals surface area contributed by atoms with Crippen LogP contribution in [0.15, 0.2) is 0 Å². The van der Waals surface area contributed by atoms with Crippen molar-refractivity contribution in [1.82, 2.24) is 9.80 Å². The van der Waals surface area contributed by atoms with E-state index >= 15 is 0 Å². The second-order valence-corrected chi connectivity index (χ2v) is 7.32. The zero-order valence-electron chi connectivity index (χ0n) is 14.3. The fraction of sp³-hybridized carbons (Fsp3) is 0.889. The Hall–Kier alpha value is -1.10. The van der Waals surface area contributed by atoms with Gasteiger partial charge in [0.25, 0.3) is 0 Å². The third-order valence-corrected chi connectivity index (χ3v) is 5.99. The van der Waals surface area contributed by atoms with E-state index in [1.54, 1.807) is 0 Å². The molecule has 1 saturated carbocycles. The zero-order valence-corrected chi connectivity index (χ0v) is 14.3. The molecule has 3 rings (SSSR count). The second kappa shape index (κ2) is 7.65. The summed E-state index contributed by atoms with van der Waals surface area (Å²) in [6, 6.07) is 0.337. The maximum absolute atomic E-state index is 12.4. The molecule has 23 heavy (non-hydrogen) atoms. The van der Waals surface area contributed by atoms with Crippen molar-refractivity contribution >= 4 is 11.9 Å². The molecule has 3 unspecified atom stereocenters. The quantitative estimate of drug-likeness (QED) is 0.745. The molecule has 130 valence electrons. The minimum Gasteiger partial charge on any atom is -0.468 e. The molecular weight excluding hydrogens is 292 g/mol. The third-order valence-electron chi connectivity index (χ3n) is 5.99. The van der Waals surface area contributed by atoms with Crippen molar-refractivity contribution in [2.45, 2.75) is 69.9 Å². The lowest BCUT2D eigenvalue weighted by Gasteiger charge is -2.34. The second-order valence-electron chi connectivity index (χ2n) is 7.32. The molecule has 5 heteroatoms. The van der Waals surface area contributed by atoms with Gasteiger partial charge in [0.05, 0.1) is 7.11 Å². The summed E-state index contributed by atoms with van der Waals surface area (Å²) < 4.78 is 5.02. The minimum atomic E-state index is -0.137. The Morgan fingerprint density at radius 3 is 2.52 bits per heavy atom. The summed E-state index contributed by atoms with van der Waals surface area (Å²) in [5.41, 5.74) is 0. The summed E-state index contributed by atoms with van der Waals surface area (Å²) in [4.78, 5) is 28.9. The Labute approximate surface area is 139 Å². The number of methoxy groups -OCH3 is 1. The molecule has 1 amide bonds. The van der Waals surface area contributed by atoms with Crippen LogP contribution in [0, 0.1) is 5.92 Å². The number of carbonyl (C=O) groups excluding carboxylic acids is 2. The SMILES string of the molecule is COC(=O)C1CC2CCCCC2N1CCC(=O)N1CCCCC1. The van der Waals surface area contributed by atoms with Gasteiger partial charge in [0, 0.05) is 32.1 Å². The first-order valence-electron chi connectivity index (χ1n) is 9.32. The van der Waals surface area contributed by atoms with Crippen LogP contribution in [0.1, 0.15) is 57.8 Å². The van der Waals surface area contributed by atoms with Crippen LogP contribution < -0.4 is 0 Å². The molecule has 0 bridgehead atoms. The molecule has 0 aromatic rings. The van der Waals surface area contributed by atoms with Crippen LogP contribution >= 0.6 is 0 Å². The molecule has 2 saturated heterocycles. The van der Waals surface area contributed by atoms with Crippen LogP contribution in [0.4, 0.5) is 0 Å². The Bertz CT molecular complexity index is 434. The van der Waals surface area contributed by atoms with Crippen LogP contribution in [0.5, 0.6) is 0 Å². The van der Waals surface area contributed by atoms with Gasteiger partial charge in [-0.15, -0.1) is 0 Å². The number of piperidine rings is 1. The van der Waals surface area contributed by atoms with E-state index in [0.29, 0.717) is 24.9 Å². The van der Waals surface area contributed by atoms with Gasteiger partial charge in [-0.3, -0.25) is 14.5 Å². The summed E-state index contributed by atoms with van der Waals surface area (Å²) in [5.74, 6) is 0.746. The minimum absolute atomic E-state index is 0.121. The maximum Gasteiger partial charge on any atom is 0.323 e. The molecule has 3 atom stereocenters. The molecule has 2 aliphatic heterocycles. The van der Waals surface area contributed by atoms with Crippen molar-refractivity contribution in [2.75, 3.05) is 26.7 Å². The normalized spacial score (nSPS) is 31.7. The van der Waals surface area contributed by atoms with Gasteiger partial charge in [0.2, 0.25) is 5.91 Å².